The highest BCUT2D eigenvalue weighted by molar-refractivity contribution is 5.91. The van der Waals surface area contributed by atoms with E-state index in [0.29, 0.717) is 19.0 Å². The fourth-order valence-electron chi connectivity index (χ4n) is 5.45. The van der Waals surface area contributed by atoms with Crippen LogP contribution >= 0.6 is 0 Å². The number of carbonyl (C=O) groups is 2. The molecule has 1 N–H and O–H groups in total. The second-order valence-electron chi connectivity index (χ2n) is 11.9. The van der Waals surface area contributed by atoms with Gasteiger partial charge in [0.2, 0.25) is 11.8 Å². The fraction of sp³-hybridized carbons (Fsp3) is 0.552. The summed E-state index contributed by atoms with van der Waals surface area (Å²) in [5.41, 5.74) is 1.02. The van der Waals surface area contributed by atoms with Gasteiger partial charge in [0.05, 0.1) is 18.5 Å². The number of ether oxygens (including phenoxy) is 2. The Hall–Kier alpha value is -3.78. The molecule has 2 aliphatic carbocycles. The average Bonchev–Trinajstić information content (AvgIpc) is 3.31. The molecule has 2 aromatic rings. The van der Waals surface area contributed by atoms with Gasteiger partial charge in [-0.3, -0.25) is 14.6 Å². The van der Waals surface area contributed by atoms with Crippen LogP contribution in [0.5, 0.6) is 5.88 Å². The van der Waals surface area contributed by atoms with Gasteiger partial charge < -0.3 is 14.8 Å². The van der Waals surface area contributed by atoms with Crippen molar-refractivity contribution in [2.24, 2.45) is 0 Å². The van der Waals surface area contributed by atoms with Crippen molar-refractivity contribution in [2.45, 2.75) is 89.8 Å². The summed E-state index contributed by atoms with van der Waals surface area (Å²) in [5, 5.41) is 7.49. The zero-order valence-corrected chi connectivity index (χ0v) is 23.2. The molecular formula is C29H37N5O5. The first-order chi connectivity index (χ1) is 18.6. The van der Waals surface area contributed by atoms with Gasteiger partial charge in [-0.1, -0.05) is 25.0 Å². The van der Waals surface area contributed by atoms with Crippen LogP contribution < -0.4 is 15.0 Å². The van der Waals surface area contributed by atoms with Crippen LogP contribution in [0.2, 0.25) is 0 Å². The number of anilines is 2. The minimum absolute atomic E-state index is 0.141. The summed E-state index contributed by atoms with van der Waals surface area (Å²) in [6.45, 7) is 9.05. The first-order valence-electron chi connectivity index (χ1n) is 13.7. The number of hydrogen-bond acceptors (Lipinski definition) is 7. The molecule has 1 aromatic carbocycles. The highest BCUT2D eigenvalue weighted by Crippen LogP contribution is 2.45. The second-order valence-corrected chi connectivity index (χ2v) is 11.9. The molecular weight excluding hydrogens is 498 g/mol. The molecule has 0 spiro atoms. The summed E-state index contributed by atoms with van der Waals surface area (Å²) in [6, 6.07) is 9.22. The van der Waals surface area contributed by atoms with Crippen molar-refractivity contribution in [1.82, 2.24) is 14.7 Å². The Labute approximate surface area is 228 Å². The van der Waals surface area contributed by atoms with Gasteiger partial charge in [0.1, 0.15) is 12.4 Å². The minimum atomic E-state index is -0.454. The molecule has 0 unspecified atom stereocenters. The second kappa shape index (κ2) is 10.4. The van der Waals surface area contributed by atoms with Gasteiger partial charge in [0.15, 0.2) is 5.94 Å². The largest absolute Gasteiger partial charge is 0.469 e. The van der Waals surface area contributed by atoms with Crippen LogP contribution in [0.1, 0.15) is 71.8 Å². The topological polar surface area (TPSA) is 106 Å². The normalized spacial score (nSPS) is 18.5. The van der Waals surface area contributed by atoms with Gasteiger partial charge in [0.25, 0.3) is 5.88 Å². The Morgan fingerprint density at radius 3 is 2.51 bits per heavy atom. The zero-order valence-electron chi connectivity index (χ0n) is 23.2. The highest BCUT2D eigenvalue weighted by atomic mass is 16.6. The van der Waals surface area contributed by atoms with Crippen LogP contribution in [-0.2, 0) is 26.3 Å². The Morgan fingerprint density at radius 1 is 1.21 bits per heavy atom. The molecule has 10 heteroatoms. The lowest BCUT2D eigenvalue weighted by atomic mass is 10.1. The van der Waals surface area contributed by atoms with E-state index in [1.165, 1.54) is 0 Å². The quantitative estimate of drug-likeness (QED) is 0.516. The van der Waals surface area contributed by atoms with Gasteiger partial charge in [-0.25, -0.2) is 14.3 Å². The smallest absolute Gasteiger partial charge is 0.417 e. The number of amides is 2. The van der Waals surface area contributed by atoms with E-state index in [0.717, 1.165) is 49.8 Å². The van der Waals surface area contributed by atoms with Gasteiger partial charge in [-0.15, -0.1) is 5.10 Å². The lowest BCUT2D eigenvalue weighted by Crippen LogP contribution is -2.48. The third-order valence-corrected chi connectivity index (χ3v) is 7.72. The average molecular weight is 536 g/mol. The molecule has 208 valence electrons. The summed E-state index contributed by atoms with van der Waals surface area (Å²) in [4.78, 5) is 41.1. The molecule has 5 rings (SSSR count). The molecule has 1 saturated heterocycles. The molecule has 0 bridgehead atoms. The highest BCUT2D eigenvalue weighted by Gasteiger charge is 2.50. The summed E-state index contributed by atoms with van der Waals surface area (Å²) in [5.74, 6) is 2.40. The van der Waals surface area contributed by atoms with E-state index >= 15 is 0 Å². The van der Waals surface area contributed by atoms with E-state index in [-0.39, 0.29) is 41.8 Å². The van der Waals surface area contributed by atoms with Gasteiger partial charge >= 0.3 is 6.09 Å². The van der Waals surface area contributed by atoms with Crippen molar-refractivity contribution in [2.75, 3.05) is 23.4 Å². The molecule has 2 amide bonds. The monoisotopic (exact) mass is 535 g/mol. The van der Waals surface area contributed by atoms with E-state index in [1.807, 2.05) is 55.9 Å². The predicted molar refractivity (Wildman–Crippen MR) is 146 cm³/mol. The number of nitrogens with zero attached hydrogens (tertiary/aromatic N) is 4. The molecule has 0 atom stereocenters. The minimum Gasteiger partial charge on any atom is -0.469 e. The van der Waals surface area contributed by atoms with E-state index < -0.39 is 5.54 Å². The lowest BCUT2D eigenvalue weighted by molar-refractivity contribution is -0.115. The maximum atomic E-state index is 13.3. The van der Waals surface area contributed by atoms with Crippen LogP contribution in [0.3, 0.4) is 0 Å². The third kappa shape index (κ3) is 5.81. The van der Waals surface area contributed by atoms with Crippen molar-refractivity contribution < 1.29 is 23.9 Å². The Kier molecular flexibility index (Phi) is 7.16. The number of hydrogen-bond donors (Lipinski definition) is 1. The fourth-order valence-corrected chi connectivity index (χ4v) is 5.45. The third-order valence-electron chi connectivity index (χ3n) is 7.72. The maximum Gasteiger partial charge on any atom is 0.417 e. The summed E-state index contributed by atoms with van der Waals surface area (Å²) < 4.78 is 12.8. The number of carbonyl (C=O) groups excluding carboxylic acids is 3. The Bertz CT molecular complexity index is 1280. The number of nitrogens with one attached hydrogen (secondary N) is 1. The van der Waals surface area contributed by atoms with E-state index in [2.05, 4.69) is 17.3 Å². The predicted octanol–water partition coefficient (Wildman–Crippen LogP) is 4.62. The Morgan fingerprint density at radius 2 is 1.90 bits per heavy atom. The van der Waals surface area contributed by atoms with Crippen LogP contribution in [0.15, 0.2) is 36.2 Å². The molecule has 3 aliphatic rings. The zero-order chi connectivity index (χ0) is 27.8. The van der Waals surface area contributed by atoms with E-state index in [1.54, 1.807) is 15.6 Å². The maximum absolute atomic E-state index is 13.3. The number of rotatable bonds is 7. The summed E-state index contributed by atoms with van der Waals surface area (Å²) in [7, 11) is 0. The SMILES string of the molecule is CC1(N(C(=O)Oc2cc(NC(=O)Cc3ccc(N4CCOC4=C=O)cc3)n(C(C)(C)C)n2)C2CCCC2)CC1. The molecule has 0 radical (unpaired) electrons. The molecule has 2 heterocycles. The molecule has 1 aromatic heterocycles. The van der Waals surface area contributed by atoms with Crippen molar-refractivity contribution >= 4 is 29.4 Å². The standard InChI is InChI=1S/C29H37N5O5/c1-28(2,3)34-23(18-25(31-34)39-27(37)33(29(4)13-14-29)22-7-5-6-8-22)30-24(36)17-20-9-11-21(12-10-20)32-15-16-38-26(32)19-35/h9-12,18,22H,5-8,13-17H2,1-4H3,(H,30,36). The molecule has 1 aliphatic heterocycles. The molecule has 39 heavy (non-hydrogen) atoms. The van der Waals surface area contributed by atoms with Gasteiger partial charge in [-0.05, 0) is 71.1 Å². The van der Waals surface area contributed by atoms with Crippen LogP contribution in [-0.4, -0.2) is 57.4 Å². The lowest BCUT2D eigenvalue weighted by Gasteiger charge is -2.33. The van der Waals surface area contributed by atoms with Crippen LogP contribution in [0, 0.1) is 0 Å². The van der Waals surface area contributed by atoms with Crippen molar-refractivity contribution in [1.29, 1.82) is 0 Å². The van der Waals surface area contributed by atoms with Crippen LogP contribution in [0.4, 0.5) is 16.3 Å². The first-order valence-corrected chi connectivity index (χ1v) is 13.7. The van der Waals surface area contributed by atoms with E-state index in [4.69, 9.17) is 9.47 Å². The van der Waals surface area contributed by atoms with Gasteiger partial charge in [0, 0.05) is 23.3 Å². The molecule has 2 saturated carbocycles. The van der Waals surface area contributed by atoms with E-state index in [9.17, 15) is 14.4 Å². The van der Waals surface area contributed by atoms with Crippen LogP contribution in [0.25, 0.3) is 0 Å². The summed E-state index contributed by atoms with van der Waals surface area (Å²) >= 11 is 0. The first kappa shape index (κ1) is 26.8. The molecule has 10 nitrogen and oxygen atoms in total. The van der Waals surface area contributed by atoms with Crippen molar-refractivity contribution in [3.63, 3.8) is 0 Å². The Balaban J connectivity index is 1.27. The summed E-state index contributed by atoms with van der Waals surface area (Å²) in [6.07, 6.45) is 6.02. The van der Waals surface area contributed by atoms with Crippen molar-refractivity contribution in [3.05, 3.63) is 41.8 Å². The molecule has 3 fully saturated rings. The number of benzene rings is 1. The number of aromatic nitrogens is 2. The van der Waals surface area contributed by atoms with Gasteiger partial charge in [-0.2, -0.15) is 0 Å². The van der Waals surface area contributed by atoms with Crippen molar-refractivity contribution in [3.8, 4) is 5.88 Å².